The molecule has 5 heteroatoms. The molecule has 0 aliphatic rings. The Morgan fingerprint density at radius 2 is 1.07 bits per heavy atom. The number of halogens is 2. The van der Waals surface area contributed by atoms with Crippen LogP contribution in [0.1, 0.15) is 0 Å². The zero-order valence-corrected chi connectivity index (χ0v) is 10.1. The van der Waals surface area contributed by atoms with Crippen LogP contribution in [-0.4, -0.2) is 39.6 Å². The first kappa shape index (κ1) is 14.9. The van der Waals surface area contributed by atoms with Crippen molar-refractivity contribution < 1.29 is 14.2 Å². The van der Waals surface area contributed by atoms with Crippen LogP contribution < -0.4 is 0 Å². The molecule has 0 rings (SSSR count). The fourth-order valence-electron chi connectivity index (χ4n) is 0.704. The SMILES string of the molecule is C=C(Cl)COCCOCCOCC(=C)Cl. The largest absolute Gasteiger partial charge is 0.377 e. The summed E-state index contributed by atoms with van der Waals surface area (Å²) in [5.74, 6) is 0. The molecule has 0 aromatic heterocycles. The van der Waals surface area contributed by atoms with Crippen LogP contribution in [-0.2, 0) is 14.2 Å². The minimum atomic E-state index is 0.355. The van der Waals surface area contributed by atoms with Crippen molar-refractivity contribution in [1.82, 2.24) is 0 Å². The van der Waals surface area contributed by atoms with E-state index in [1.54, 1.807) is 0 Å². The molecule has 0 saturated heterocycles. The third-order valence-corrected chi connectivity index (χ3v) is 1.48. The van der Waals surface area contributed by atoms with Crippen molar-refractivity contribution in [2.75, 3.05) is 39.6 Å². The van der Waals surface area contributed by atoms with Crippen LogP contribution in [0, 0.1) is 0 Å². The van der Waals surface area contributed by atoms with Crippen molar-refractivity contribution >= 4 is 23.2 Å². The van der Waals surface area contributed by atoms with E-state index in [-0.39, 0.29) is 0 Å². The number of hydrogen-bond donors (Lipinski definition) is 0. The standard InChI is InChI=1S/C10H16Cl2O3/c1-9(11)7-14-5-3-13-4-6-15-8-10(2)12/h1-8H2. The van der Waals surface area contributed by atoms with Crippen molar-refractivity contribution in [1.29, 1.82) is 0 Å². The molecule has 88 valence electrons. The summed E-state index contributed by atoms with van der Waals surface area (Å²) in [7, 11) is 0. The molecular formula is C10H16Cl2O3. The summed E-state index contributed by atoms with van der Waals surface area (Å²) in [5.41, 5.74) is 0. The third-order valence-electron chi connectivity index (χ3n) is 1.26. The first-order chi connectivity index (χ1) is 7.13. The highest BCUT2D eigenvalue weighted by molar-refractivity contribution is 6.29. The summed E-state index contributed by atoms with van der Waals surface area (Å²) >= 11 is 11.0. The van der Waals surface area contributed by atoms with Gasteiger partial charge < -0.3 is 14.2 Å². The van der Waals surface area contributed by atoms with Gasteiger partial charge in [0.25, 0.3) is 0 Å². The van der Waals surface area contributed by atoms with Gasteiger partial charge in [-0.2, -0.15) is 0 Å². The zero-order chi connectivity index (χ0) is 11.5. The second-order valence-corrected chi connectivity index (χ2v) is 3.82. The summed E-state index contributed by atoms with van der Waals surface area (Å²) in [6, 6.07) is 0. The molecule has 3 nitrogen and oxygen atoms in total. The maximum absolute atomic E-state index is 5.49. The molecule has 0 aliphatic carbocycles. The van der Waals surface area contributed by atoms with Crippen molar-refractivity contribution in [2.45, 2.75) is 0 Å². The Balaban J connectivity index is 2.99. The lowest BCUT2D eigenvalue weighted by atomic mass is 10.6. The zero-order valence-electron chi connectivity index (χ0n) is 8.64. The van der Waals surface area contributed by atoms with E-state index in [2.05, 4.69) is 13.2 Å². The number of ether oxygens (including phenoxy) is 3. The van der Waals surface area contributed by atoms with Gasteiger partial charge >= 0.3 is 0 Å². The van der Waals surface area contributed by atoms with Crippen LogP contribution in [0.4, 0.5) is 0 Å². The van der Waals surface area contributed by atoms with E-state index in [4.69, 9.17) is 37.4 Å². The summed E-state index contributed by atoms with van der Waals surface area (Å²) < 4.78 is 15.4. The van der Waals surface area contributed by atoms with E-state index < -0.39 is 0 Å². The topological polar surface area (TPSA) is 27.7 Å². The first-order valence-corrected chi connectivity index (χ1v) is 5.28. The van der Waals surface area contributed by atoms with E-state index in [0.29, 0.717) is 49.7 Å². The molecule has 0 saturated carbocycles. The molecule has 0 fully saturated rings. The van der Waals surface area contributed by atoms with Gasteiger partial charge in [0.05, 0.1) is 39.6 Å². The van der Waals surface area contributed by atoms with Gasteiger partial charge in [-0.1, -0.05) is 36.4 Å². The summed E-state index contributed by atoms with van der Waals surface area (Å²) in [5, 5.41) is 0.970. The normalized spacial score (nSPS) is 10.3. The van der Waals surface area contributed by atoms with Crippen LogP contribution in [0.25, 0.3) is 0 Å². The molecule has 0 aromatic carbocycles. The van der Waals surface area contributed by atoms with Crippen molar-refractivity contribution in [3.63, 3.8) is 0 Å². The van der Waals surface area contributed by atoms with Gasteiger partial charge in [0, 0.05) is 10.1 Å². The molecule has 0 spiro atoms. The van der Waals surface area contributed by atoms with Gasteiger partial charge in [-0.3, -0.25) is 0 Å². The molecule has 0 atom stereocenters. The van der Waals surface area contributed by atoms with Gasteiger partial charge in [-0.15, -0.1) is 0 Å². The maximum atomic E-state index is 5.49. The van der Waals surface area contributed by atoms with Crippen molar-refractivity contribution in [3.05, 3.63) is 23.2 Å². The van der Waals surface area contributed by atoms with Gasteiger partial charge in [0.2, 0.25) is 0 Å². The van der Waals surface area contributed by atoms with Crippen LogP contribution >= 0.6 is 23.2 Å². The van der Waals surface area contributed by atoms with E-state index in [9.17, 15) is 0 Å². The van der Waals surface area contributed by atoms with E-state index >= 15 is 0 Å². The Hall–Kier alpha value is -0.0600. The third kappa shape index (κ3) is 13.9. The van der Waals surface area contributed by atoms with E-state index in [1.165, 1.54) is 0 Å². The Morgan fingerprint density at radius 1 is 0.733 bits per heavy atom. The highest BCUT2D eigenvalue weighted by atomic mass is 35.5. The van der Waals surface area contributed by atoms with Crippen LogP contribution in [0.5, 0.6) is 0 Å². The average Bonchev–Trinajstić information content (AvgIpc) is 2.14. The maximum Gasteiger partial charge on any atom is 0.0818 e. The molecule has 0 bridgehead atoms. The number of hydrogen-bond acceptors (Lipinski definition) is 3. The lowest BCUT2D eigenvalue weighted by Crippen LogP contribution is -2.10. The Morgan fingerprint density at radius 3 is 1.40 bits per heavy atom. The van der Waals surface area contributed by atoms with E-state index in [0.717, 1.165) is 0 Å². The Labute approximate surface area is 101 Å². The predicted octanol–water partition coefficient (Wildman–Crippen LogP) is 2.54. The first-order valence-electron chi connectivity index (χ1n) is 4.52. The molecule has 15 heavy (non-hydrogen) atoms. The number of rotatable bonds is 10. The van der Waals surface area contributed by atoms with Gasteiger partial charge in [0.15, 0.2) is 0 Å². The predicted molar refractivity (Wildman–Crippen MR) is 62.4 cm³/mol. The van der Waals surface area contributed by atoms with Crippen LogP contribution in [0.3, 0.4) is 0 Å². The highest BCUT2D eigenvalue weighted by Gasteiger charge is 1.92. The fourth-order valence-corrected chi connectivity index (χ4v) is 0.858. The molecule has 0 N–H and O–H groups in total. The monoisotopic (exact) mass is 254 g/mol. The molecule has 0 aromatic rings. The molecule has 0 aliphatic heterocycles. The molecule has 0 amide bonds. The molecule has 0 heterocycles. The molecule has 0 radical (unpaired) electrons. The second kappa shape index (κ2) is 10.5. The summed E-state index contributed by atoms with van der Waals surface area (Å²) in [6.07, 6.45) is 0. The van der Waals surface area contributed by atoms with Gasteiger partial charge in [-0.25, -0.2) is 0 Å². The molecular weight excluding hydrogens is 239 g/mol. The smallest absolute Gasteiger partial charge is 0.0818 e. The molecule has 0 unspecified atom stereocenters. The quantitative estimate of drug-likeness (QED) is 0.561. The summed E-state index contributed by atoms with van der Waals surface area (Å²) in [6.45, 7) is 9.69. The van der Waals surface area contributed by atoms with Gasteiger partial charge in [-0.05, 0) is 0 Å². The van der Waals surface area contributed by atoms with Crippen molar-refractivity contribution in [3.8, 4) is 0 Å². The van der Waals surface area contributed by atoms with Gasteiger partial charge in [0.1, 0.15) is 0 Å². The lowest BCUT2D eigenvalue weighted by Gasteiger charge is -2.05. The highest BCUT2D eigenvalue weighted by Crippen LogP contribution is 1.97. The van der Waals surface area contributed by atoms with Crippen LogP contribution in [0.2, 0.25) is 0 Å². The summed E-state index contributed by atoms with van der Waals surface area (Å²) in [4.78, 5) is 0. The average molecular weight is 255 g/mol. The minimum Gasteiger partial charge on any atom is -0.377 e. The Kier molecular flexibility index (Phi) is 10.4. The lowest BCUT2D eigenvalue weighted by molar-refractivity contribution is 0.0244. The second-order valence-electron chi connectivity index (χ2n) is 2.75. The minimum absolute atomic E-state index is 0.355. The van der Waals surface area contributed by atoms with Crippen LogP contribution in [0.15, 0.2) is 23.2 Å². The van der Waals surface area contributed by atoms with E-state index in [1.807, 2.05) is 0 Å². The van der Waals surface area contributed by atoms with Crippen molar-refractivity contribution in [2.24, 2.45) is 0 Å². The Bertz CT molecular complexity index is 175. The fraction of sp³-hybridized carbons (Fsp3) is 0.600.